The number of aromatic nitrogens is 2. The quantitative estimate of drug-likeness (QED) is 0.478. The van der Waals surface area contributed by atoms with Crippen LogP contribution in [0.1, 0.15) is 24.0 Å². The van der Waals surface area contributed by atoms with Crippen molar-refractivity contribution in [1.82, 2.24) is 14.9 Å². The highest BCUT2D eigenvalue weighted by atomic mass is 35.5. The number of carbonyl (C=O) groups is 1. The van der Waals surface area contributed by atoms with Gasteiger partial charge in [-0.3, -0.25) is 4.79 Å². The van der Waals surface area contributed by atoms with Gasteiger partial charge < -0.3 is 9.80 Å². The van der Waals surface area contributed by atoms with Crippen LogP contribution < -0.4 is 4.90 Å². The molecule has 1 aliphatic heterocycles. The van der Waals surface area contributed by atoms with Gasteiger partial charge >= 0.3 is 0 Å². The van der Waals surface area contributed by atoms with Gasteiger partial charge in [0, 0.05) is 37.1 Å². The minimum absolute atomic E-state index is 0.277. The summed E-state index contributed by atoms with van der Waals surface area (Å²) in [6.07, 6.45) is 5.82. The molecule has 144 valence electrons. The Morgan fingerprint density at radius 2 is 1.82 bits per heavy atom. The lowest BCUT2D eigenvalue weighted by Gasteiger charge is -2.33. The second-order valence-corrected chi connectivity index (χ2v) is 8.66. The maximum atomic E-state index is 11.0. The van der Waals surface area contributed by atoms with Crippen molar-refractivity contribution in [3.8, 4) is 11.1 Å². The summed E-state index contributed by atoms with van der Waals surface area (Å²) >= 11 is 7.86. The van der Waals surface area contributed by atoms with Crippen molar-refractivity contribution in [1.29, 1.82) is 0 Å². The number of carbonyl (C=O) groups excluding carboxylic acids is 1. The second kappa shape index (κ2) is 7.33. The summed E-state index contributed by atoms with van der Waals surface area (Å²) in [7, 11) is 0. The Hall–Kier alpha value is -2.18. The van der Waals surface area contributed by atoms with Crippen molar-refractivity contribution in [3.63, 3.8) is 0 Å². The standard InChI is InChI=1S/C21H21ClN4OS/c22-21-23-19(26-9-7-25(13-27)8-10-26)18-17(12-28-20(18)24-21)16-6-5-14-3-1-2-4-15(14)11-16/h5-6,11-13H,1-4,7-10H2. The Morgan fingerprint density at radius 1 is 1.04 bits per heavy atom. The largest absolute Gasteiger partial charge is 0.352 e. The Bertz CT molecular complexity index is 1040. The van der Waals surface area contributed by atoms with Gasteiger partial charge in [0.15, 0.2) is 0 Å². The first kappa shape index (κ1) is 17.9. The van der Waals surface area contributed by atoms with Crippen molar-refractivity contribution >= 4 is 45.4 Å². The predicted molar refractivity (Wildman–Crippen MR) is 114 cm³/mol. The van der Waals surface area contributed by atoms with E-state index in [-0.39, 0.29) is 5.28 Å². The Kier molecular flexibility index (Phi) is 4.69. The van der Waals surface area contributed by atoms with Gasteiger partial charge in [-0.15, -0.1) is 11.3 Å². The fourth-order valence-electron chi connectivity index (χ4n) is 4.28. The van der Waals surface area contributed by atoms with Gasteiger partial charge in [0.1, 0.15) is 10.6 Å². The van der Waals surface area contributed by atoms with Gasteiger partial charge in [0.2, 0.25) is 11.7 Å². The lowest BCUT2D eigenvalue weighted by atomic mass is 9.89. The SMILES string of the molecule is O=CN1CCN(c2nc(Cl)nc3scc(-c4ccc5c(c4)CCCC5)c23)CC1. The lowest BCUT2D eigenvalue weighted by Crippen LogP contribution is -2.46. The van der Waals surface area contributed by atoms with Crippen LogP contribution in [0.4, 0.5) is 5.82 Å². The summed E-state index contributed by atoms with van der Waals surface area (Å²) in [5.41, 5.74) is 5.36. The maximum Gasteiger partial charge on any atom is 0.225 e. The number of rotatable bonds is 3. The topological polar surface area (TPSA) is 49.3 Å². The number of thiophene rings is 1. The molecule has 5 nitrogen and oxygen atoms in total. The van der Waals surface area contributed by atoms with Crippen LogP contribution in [0.25, 0.3) is 21.3 Å². The molecule has 0 saturated carbocycles. The normalized spacial score (nSPS) is 17.0. The molecule has 1 fully saturated rings. The van der Waals surface area contributed by atoms with E-state index < -0.39 is 0 Å². The number of piperazine rings is 1. The van der Waals surface area contributed by atoms with Crippen LogP contribution in [0.5, 0.6) is 0 Å². The first-order chi connectivity index (χ1) is 13.7. The van der Waals surface area contributed by atoms with Crippen LogP contribution in [0.3, 0.4) is 0 Å². The molecule has 0 spiro atoms. The lowest BCUT2D eigenvalue weighted by molar-refractivity contribution is -0.118. The van der Waals surface area contributed by atoms with Gasteiger partial charge in [0.25, 0.3) is 0 Å². The van der Waals surface area contributed by atoms with Gasteiger partial charge in [-0.05, 0) is 54.0 Å². The van der Waals surface area contributed by atoms with E-state index >= 15 is 0 Å². The number of aryl methyl sites for hydroxylation is 2. The average Bonchev–Trinajstić information content (AvgIpc) is 3.16. The van der Waals surface area contributed by atoms with E-state index in [0.29, 0.717) is 13.1 Å². The summed E-state index contributed by atoms with van der Waals surface area (Å²) in [4.78, 5) is 25.1. The van der Waals surface area contributed by atoms with E-state index in [9.17, 15) is 4.79 Å². The minimum atomic E-state index is 0.277. The minimum Gasteiger partial charge on any atom is -0.352 e. The summed E-state index contributed by atoms with van der Waals surface area (Å²) in [5, 5.41) is 3.52. The number of benzene rings is 1. The smallest absolute Gasteiger partial charge is 0.225 e. The van der Waals surface area contributed by atoms with Crippen molar-refractivity contribution in [2.24, 2.45) is 0 Å². The van der Waals surface area contributed by atoms with Crippen LogP contribution >= 0.6 is 22.9 Å². The molecular weight excluding hydrogens is 392 g/mol. The third kappa shape index (κ3) is 3.14. The van der Waals surface area contributed by atoms with E-state index in [2.05, 4.69) is 38.4 Å². The highest BCUT2D eigenvalue weighted by Gasteiger charge is 2.23. The highest BCUT2D eigenvalue weighted by Crippen LogP contribution is 2.40. The predicted octanol–water partition coefficient (Wildman–Crippen LogP) is 4.17. The number of fused-ring (bicyclic) bond motifs is 2. The molecule has 0 atom stereocenters. The van der Waals surface area contributed by atoms with Crippen molar-refractivity contribution < 1.29 is 4.79 Å². The van der Waals surface area contributed by atoms with Crippen LogP contribution in [0, 0.1) is 0 Å². The number of halogens is 1. The number of amides is 1. The molecule has 0 radical (unpaired) electrons. The van der Waals surface area contributed by atoms with E-state index in [0.717, 1.165) is 42.0 Å². The molecule has 7 heteroatoms. The number of hydrogen-bond donors (Lipinski definition) is 0. The van der Waals surface area contributed by atoms with E-state index in [1.807, 2.05) is 0 Å². The van der Waals surface area contributed by atoms with Crippen LogP contribution in [0.15, 0.2) is 23.6 Å². The molecule has 0 N–H and O–H groups in total. The Balaban J connectivity index is 1.60. The van der Waals surface area contributed by atoms with Crippen molar-refractivity contribution in [2.75, 3.05) is 31.1 Å². The molecule has 1 amide bonds. The molecule has 28 heavy (non-hydrogen) atoms. The number of hydrogen-bond acceptors (Lipinski definition) is 5. The Labute approximate surface area is 173 Å². The zero-order chi connectivity index (χ0) is 19.1. The van der Waals surface area contributed by atoms with Gasteiger partial charge in [-0.2, -0.15) is 4.98 Å². The maximum absolute atomic E-state index is 11.0. The molecule has 0 unspecified atom stereocenters. The zero-order valence-electron chi connectivity index (χ0n) is 15.5. The van der Waals surface area contributed by atoms with Crippen molar-refractivity contribution in [3.05, 3.63) is 40.0 Å². The van der Waals surface area contributed by atoms with E-state index in [1.165, 1.54) is 41.5 Å². The molecule has 2 aliphatic rings. The highest BCUT2D eigenvalue weighted by molar-refractivity contribution is 7.17. The van der Waals surface area contributed by atoms with Crippen molar-refractivity contribution in [2.45, 2.75) is 25.7 Å². The van der Waals surface area contributed by atoms with Crippen LogP contribution in [-0.2, 0) is 17.6 Å². The number of nitrogens with zero attached hydrogens (tertiary/aromatic N) is 4. The van der Waals surface area contributed by atoms with E-state index in [4.69, 9.17) is 11.6 Å². The van der Waals surface area contributed by atoms with Gasteiger partial charge in [-0.25, -0.2) is 4.98 Å². The molecule has 0 bridgehead atoms. The average molecular weight is 413 g/mol. The molecular formula is C21H21ClN4OS. The first-order valence-corrected chi connectivity index (χ1v) is 11.0. The number of anilines is 1. The molecule has 1 aliphatic carbocycles. The summed E-state index contributed by atoms with van der Waals surface area (Å²) in [5.74, 6) is 0.884. The monoisotopic (exact) mass is 412 g/mol. The van der Waals surface area contributed by atoms with Gasteiger partial charge in [0.05, 0.1) is 5.39 Å². The zero-order valence-corrected chi connectivity index (χ0v) is 17.1. The van der Waals surface area contributed by atoms with Gasteiger partial charge in [-0.1, -0.05) is 18.2 Å². The molecule has 2 aromatic heterocycles. The van der Waals surface area contributed by atoms with Crippen LogP contribution in [0.2, 0.25) is 5.28 Å². The van der Waals surface area contributed by atoms with Crippen LogP contribution in [-0.4, -0.2) is 47.5 Å². The second-order valence-electron chi connectivity index (χ2n) is 7.46. The summed E-state index contributed by atoms with van der Waals surface area (Å²) in [6, 6.07) is 6.86. The summed E-state index contributed by atoms with van der Waals surface area (Å²) < 4.78 is 0. The van der Waals surface area contributed by atoms with E-state index in [1.54, 1.807) is 16.2 Å². The fourth-order valence-corrected chi connectivity index (χ4v) is 5.44. The molecule has 3 heterocycles. The molecule has 3 aromatic rings. The summed E-state index contributed by atoms with van der Waals surface area (Å²) in [6.45, 7) is 2.90. The first-order valence-electron chi connectivity index (χ1n) is 9.74. The molecule has 1 aromatic carbocycles. The Morgan fingerprint density at radius 3 is 2.61 bits per heavy atom. The fraction of sp³-hybridized carbons (Fsp3) is 0.381. The third-order valence-corrected chi connectivity index (χ3v) is 6.85. The molecule has 5 rings (SSSR count). The molecule has 1 saturated heterocycles. The third-order valence-electron chi connectivity index (χ3n) is 5.81.